The number of hydrogen-bond donors (Lipinski definition) is 1. The summed E-state index contributed by atoms with van der Waals surface area (Å²) < 4.78 is 5.93. The number of fused-ring (bicyclic) bond motifs is 2. The summed E-state index contributed by atoms with van der Waals surface area (Å²) in [6, 6.07) is 16.5. The van der Waals surface area contributed by atoms with E-state index in [0.29, 0.717) is 13.2 Å². The average molecular weight is 296 g/mol. The fourth-order valence-electron chi connectivity index (χ4n) is 2.77. The lowest BCUT2D eigenvalue weighted by molar-refractivity contribution is -1.07. The average Bonchev–Trinajstić information content (AvgIpc) is 2.64. The minimum atomic E-state index is -0.0242. The van der Waals surface area contributed by atoms with Gasteiger partial charge in [-0.2, -0.15) is 4.65 Å². The van der Waals surface area contributed by atoms with Gasteiger partial charge in [-0.15, -0.1) is 0 Å². The van der Waals surface area contributed by atoms with Gasteiger partial charge in [-0.25, -0.2) is 5.21 Å². The molecule has 0 radical (unpaired) electrons. The molecule has 0 bridgehead atoms. The maximum Gasteiger partial charge on any atom is 0.127 e. The van der Waals surface area contributed by atoms with E-state index >= 15 is 0 Å². The Bertz CT molecular complexity index is 649. The van der Waals surface area contributed by atoms with Gasteiger partial charge in [-0.05, 0) is 22.8 Å². The molecule has 2 aromatic carbocycles. The molecule has 1 heterocycles. The molecule has 3 nitrogen and oxygen atoms in total. The van der Waals surface area contributed by atoms with Crippen molar-refractivity contribution in [2.75, 3.05) is 20.6 Å². The number of hydroxylamine groups is 3. The molecule has 1 N–H and O–H groups in total. The van der Waals surface area contributed by atoms with E-state index in [1.165, 1.54) is 16.7 Å². The zero-order valence-electron chi connectivity index (χ0n) is 13.1. The van der Waals surface area contributed by atoms with Crippen LogP contribution in [0.4, 0.5) is 0 Å². The summed E-state index contributed by atoms with van der Waals surface area (Å²) in [7, 11) is 3.58. The molecule has 1 aliphatic heterocycles. The Morgan fingerprint density at radius 3 is 2.50 bits per heavy atom. The monoisotopic (exact) mass is 296 g/mol. The van der Waals surface area contributed by atoms with E-state index in [2.05, 4.69) is 30.3 Å². The molecule has 0 saturated heterocycles. The quantitative estimate of drug-likeness (QED) is 0.688. The lowest BCUT2D eigenvalue weighted by Gasteiger charge is -2.18. The zero-order valence-corrected chi connectivity index (χ0v) is 13.1. The van der Waals surface area contributed by atoms with Gasteiger partial charge < -0.3 is 4.74 Å². The highest BCUT2D eigenvalue weighted by atomic mass is 16.5. The number of benzene rings is 2. The molecule has 1 aliphatic rings. The Labute approximate surface area is 131 Å². The van der Waals surface area contributed by atoms with Crippen molar-refractivity contribution in [3.63, 3.8) is 0 Å². The Balaban J connectivity index is 2.04. The first-order chi connectivity index (χ1) is 10.5. The molecule has 0 saturated carbocycles. The molecule has 0 spiro atoms. The molecule has 0 amide bonds. The highest BCUT2D eigenvalue weighted by Gasteiger charge is 2.18. The van der Waals surface area contributed by atoms with Crippen molar-refractivity contribution in [2.24, 2.45) is 0 Å². The molecule has 0 atom stereocenters. The van der Waals surface area contributed by atoms with Crippen LogP contribution in [0.1, 0.15) is 23.1 Å². The van der Waals surface area contributed by atoms with Crippen LogP contribution >= 0.6 is 0 Å². The summed E-state index contributed by atoms with van der Waals surface area (Å²) in [5.74, 6) is 0.919. The van der Waals surface area contributed by atoms with Gasteiger partial charge in [0.1, 0.15) is 18.9 Å². The second-order valence-electron chi connectivity index (χ2n) is 6.19. The van der Waals surface area contributed by atoms with Gasteiger partial charge in [0.2, 0.25) is 0 Å². The minimum absolute atomic E-state index is 0.0242. The minimum Gasteiger partial charge on any atom is -0.488 e. The summed E-state index contributed by atoms with van der Waals surface area (Å²) in [4.78, 5) is 0. The lowest BCUT2D eigenvalue weighted by Crippen LogP contribution is -2.35. The van der Waals surface area contributed by atoms with Crippen molar-refractivity contribution in [3.8, 4) is 5.75 Å². The van der Waals surface area contributed by atoms with Crippen LogP contribution in [0.3, 0.4) is 0 Å². The zero-order chi connectivity index (χ0) is 15.6. The van der Waals surface area contributed by atoms with Crippen molar-refractivity contribution in [2.45, 2.75) is 13.0 Å². The summed E-state index contributed by atoms with van der Waals surface area (Å²) in [6.07, 6.45) is 3.02. The lowest BCUT2D eigenvalue weighted by atomic mass is 9.93. The number of hydrogen-bond acceptors (Lipinski definition) is 2. The van der Waals surface area contributed by atoms with E-state index in [4.69, 9.17) is 4.74 Å². The largest absolute Gasteiger partial charge is 0.488 e. The molecule has 0 aromatic heterocycles. The van der Waals surface area contributed by atoms with Crippen LogP contribution in [-0.2, 0) is 6.61 Å². The van der Waals surface area contributed by atoms with Gasteiger partial charge in [-0.3, -0.25) is 0 Å². The summed E-state index contributed by atoms with van der Waals surface area (Å²) in [5, 5.41) is 9.88. The maximum atomic E-state index is 9.88. The van der Waals surface area contributed by atoms with Gasteiger partial charge >= 0.3 is 0 Å². The summed E-state index contributed by atoms with van der Waals surface area (Å²) >= 11 is 0. The highest BCUT2D eigenvalue weighted by Crippen LogP contribution is 2.36. The second kappa shape index (κ2) is 5.95. The summed E-state index contributed by atoms with van der Waals surface area (Å²) in [5.41, 5.74) is 4.73. The van der Waals surface area contributed by atoms with Crippen molar-refractivity contribution < 1.29 is 14.6 Å². The summed E-state index contributed by atoms with van der Waals surface area (Å²) in [6.45, 7) is 1.26. The van der Waals surface area contributed by atoms with Gasteiger partial charge in [0.15, 0.2) is 0 Å². The molecule has 22 heavy (non-hydrogen) atoms. The van der Waals surface area contributed by atoms with E-state index < -0.39 is 0 Å². The van der Waals surface area contributed by atoms with Crippen molar-refractivity contribution >= 4 is 5.57 Å². The fourth-order valence-corrected chi connectivity index (χ4v) is 2.77. The fraction of sp³-hybridized carbons (Fsp3) is 0.263. The van der Waals surface area contributed by atoms with Gasteiger partial charge in [0.25, 0.3) is 0 Å². The van der Waals surface area contributed by atoms with Crippen molar-refractivity contribution in [3.05, 3.63) is 71.3 Å². The number of rotatable bonds is 3. The third-order valence-electron chi connectivity index (χ3n) is 3.89. The predicted octanol–water partition coefficient (Wildman–Crippen LogP) is 3.87. The van der Waals surface area contributed by atoms with Crippen LogP contribution in [0.2, 0.25) is 0 Å². The Morgan fingerprint density at radius 1 is 1.05 bits per heavy atom. The molecular weight excluding hydrogens is 274 g/mol. The normalized spacial score (nSPS) is 15.7. The van der Waals surface area contributed by atoms with Crippen LogP contribution in [0.15, 0.2) is 54.6 Å². The second-order valence-corrected chi connectivity index (χ2v) is 6.19. The molecule has 0 fully saturated rings. The van der Waals surface area contributed by atoms with Crippen LogP contribution < -0.4 is 4.74 Å². The Morgan fingerprint density at radius 2 is 1.73 bits per heavy atom. The predicted molar refractivity (Wildman–Crippen MR) is 87.7 cm³/mol. The standard InChI is InChI=1S/C19H22NO2/c1-20(2,21)13-7-11-17-16-9-4-3-8-15(16)14-22-19-12-6-5-10-18(17)19/h3-6,8-12,21H,7,13-14H2,1-2H3/q+1/b17-11-. The first kappa shape index (κ1) is 14.8. The SMILES string of the molecule is C[N+](C)(O)CC/C=C1/c2ccccc2COc2ccccc21. The van der Waals surface area contributed by atoms with Gasteiger partial charge in [0.05, 0.1) is 14.1 Å². The van der Waals surface area contributed by atoms with E-state index in [-0.39, 0.29) is 4.65 Å². The Kier molecular flexibility index (Phi) is 4.01. The smallest absolute Gasteiger partial charge is 0.127 e. The first-order valence-electron chi connectivity index (χ1n) is 7.61. The molecule has 0 aliphatic carbocycles. The van der Waals surface area contributed by atoms with E-state index in [9.17, 15) is 5.21 Å². The molecule has 2 aromatic rings. The van der Waals surface area contributed by atoms with Crippen LogP contribution in [-0.4, -0.2) is 30.5 Å². The van der Waals surface area contributed by atoms with E-state index in [1.54, 1.807) is 14.1 Å². The Hall–Kier alpha value is -2.10. The maximum absolute atomic E-state index is 9.88. The van der Waals surface area contributed by atoms with Crippen LogP contribution in [0.5, 0.6) is 5.75 Å². The van der Waals surface area contributed by atoms with E-state index in [1.807, 2.05) is 24.3 Å². The molecule has 0 unspecified atom stereocenters. The first-order valence-corrected chi connectivity index (χ1v) is 7.61. The number of para-hydroxylation sites is 1. The van der Waals surface area contributed by atoms with Crippen LogP contribution in [0, 0.1) is 0 Å². The third-order valence-corrected chi connectivity index (χ3v) is 3.89. The van der Waals surface area contributed by atoms with Crippen molar-refractivity contribution in [1.29, 1.82) is 0 Å². The third kappa shape index (κ3) is 3.21. The number of ether oxygens (including phenoxy) is 1. The van der Waals surface area contributed by atoms with Crippen LogP contribution in [0.25, 0.3) is 5.57 Å². The number of quaternary nitrogens is 1. The number of nitrogens with zero attached hydrogens (tertiary/aromatic N) is 1. The highest BCUT2D eigenvalue weighted by molar-refractivity contribution is 5.84. The molecule has 3 heteroatoms. The molecule has 114 valence electrons. The van der Waals surface area contributed by atoms with Gasteiger partial charge in [-0.1, -0.05) is 48.5 Å². The van der Waals surface area contributed by atoms with E-state index in [0.717, 1.165) is 17.7 Å². The topological polar surface area (TPSA) is 29.5 Å². The molecular formula is C19H22NO2+. The molecule has 3 rings (SSSR count). The van der Waals surface area contributed by atoms with Crippen molar-refractivity contribution in [1.82, 2.24) is 0 Å². The van der Waals surface area contributed by atoms with Gasteiger partial charge in [0, 0.05) is 12.0 Å².